The van der Waals surface area contributed by atoms with E-state index in [2.05, 4.69) is 20.9 Å². The van der Waals surface area contributed by atoms with Gasteiger partial charge in [-0.05, 0) is 35.0 Å². The summed E-state index contributed by atoms with van der Waals surface area (Å²) in [5.41, 5.74) is 0.964. The number of ether oxygens (including phenoxy) is 2. The molecule has 0 aliphatic heterocycles. The minimum absolute atomic E-state index is 0.542. The topological polar surface area (TPSA) is 31.4 Å². The molecule has 0 bridgehead atoms. The van der Waals surface area contributed by atoms with Crippen molar-refractivity contribution >= 4 is 15.9 Å². The number of aromatic nitrogens is 1. The van der Waals surface area contributed by atoms with Gasteiger partial charge in [0, 0.05) is 12.8 Å². The van der Waals surface area contributed by atoms with Gasteiger partial charge in [0.1, 0.15) is 11.2 Å². The van der Waals surface area contributed by atoms with Crippen molar-refractivity contribution in [1.82, 2.24) is 4.98 Å². The Morgan fingerprint density at radius 1 is 1.38 bits per heavy atom. The molecule has 0 unspecified atom stereocenters. The van der Waals surface area contributed by atoms with E-state index in [-0.39, 0.29) is 0 Å². The summed E-state index contributed by atoms with van der Waals surface area (Å²) in [6.45, 7) is 3.06. The largest absolute Gasteiger partial charge is 0.488 e. The molecule has 0 atom stereocenters. The zero-order chi connectivity index (χ0) is 9.68. The summed E-state index contributed by atoms with van der Waals surface area (Å²) < 4.78 is 11.0. The van der Waals surface area contributed by atoms with E-state index in [0.29, 0.717) is 13.2 Å². The van der Waals surface area contributed by atoms with E-state index < -0.39 is 0 Å². The van der Waals surface area contributed by atoms with Crippen molar-refractivity contribution in [3.05, 3.63) is 22.4 Å². The van der Waals surface area contributed by atoms with Crippen LogP contribution in [0.2, 0.25) is 0 Å². The number of pyridine rings is 1. The van der Waals surface area contributed by atoms with Crippen molar-refractivity contribution in [2.45, 2.75) is 6.92 Å². The van der Waals surface area contributed by atoms with E-state index in [4.69, 9.17) is 9.47 Å². The molecule has 0 saturated heterocycles. The predicted octanol–water partition coefficient (Wildman–Crippen LogP) is 2.18. The molecule has 13 heavy (non-hydrogen) atoms. The molecule has 0 N–H and O–H groups in total. The van der Waals surface area contributed by atoms with Gasteiger partial charge in [0.05, 0.1) is 6.61 Å². The van der Waals surface area contributed by atoms with Crippen LogP contribution in [0, 0.1) is 6.92 Å². The standard InChI is InChI=1S/C9H12BrNO2/c1-7-3-4-8(9(10)11-7)13-6-5-12-2/h3-4H,5-6H2,1-2H3. The summed E-state index contributed by atoms with van der Waals surface area (Å²) in [6.07, 6.45) is 0. The Morgan fingerprint density at radius 3 is 2.77 bits per heavy atom. The summed E-state index contributed by atoms with van der Waals surface area (Å²) in [6, 6.07) is 3.80. The number of aryl methyl sites for hydroxylation is 1. The van der Waals surface area contributed by atoms with Crippen molar-refractivity contribution in [1.29, 1.82) is 0 Å². The summed E-state index contributed by atoms with van der Waals surface area (Å²) in [5.74, 6) is 0.752. The van der Waals surface area contributed by atoms with Crippen molar-refractivity contribution < 1.29 is 9.47 Å². The average Bonchev–Trinajstić information content (AvgIpc) is 2.09. The highest BCUT2D eigenvalue weighted by Gasteiger charge is 2.01. The van der Waals surface area contributed by atoms with Crippen molar-refractivity contribution in [2.75, 3.05) is 20.3 Å². The van der Waals surface area contributed by atoms with Crippen LogP contribution in [0.25, 0.3) is 0 Å². The van der Waals surface area contributed by atoms with Crippen molar-refractivity contribution in [2.24, 2.45) is 0 Å². The lowest BCUT2D eigenvalue weighted by Gasteiger charge is -2.06. The zero-order valence-corrected chi connectivity index (χ0v) is 9.30. The predicted molar refractivity (Wildman–Crippen MR) is 54.0 cm³/mol. The molecule has 0 spiro atoms. The SMILES string of the molecule is COCCOc1ccc(C)nc1Br. The molecule has 1 aromatic rings. The highest BCUT2D eigenvalue weighted by molar-refractivity contribution is 9.10. The monoisotopic (exact) mass is 245 g/mol. The van der Waals surface area contributed by atoms with Crippen LogP contribution in [-0.2, 0) is 4.74 Å². The molecule has 0 radical (unpaired) electrons. The first kappa shape index (κ1) is 10.5. The molecule has 1 heterocycles. The number of rotatable bonds is 4. The van der Waals surface area contributed by atoms with Crippen LogP contribution in [-0.4, -0.2) is 25.3 Å². The fourth-order valence-electron chi connectivity index (χ4n) is 0.855. The maximum atomic E-state index is 5.40. The summed E-state index contributed by atoms with van der Waals surface area (Å²) in [7, 11) is 1.64. The van der Waals surface area contributed by atoms with E-state index in [1.807, 2.05) is 19.1 Å². The third-order valence-electron chi connectivity index (χ3n) is 1.50. The molecule has 0 fully saturated rings. The maximum absolute atomic E-state index is 5.40. The molecule has 72 valence electrons. The minimum Gasteiger partial charge on any atom is -0.488 e. The Hall–Kier alpha value is -0.610. The average molecular weight is 246 g/mol. The van der Waals surface area contributed by atoms with Gasteiger partial charge in [-0.25, -0.2) is 4.98 Å². The van der Waals surface area contributed by atoms with E-state index in [1.165, 1.54) is 0 Å². The van der Waals surface area contributed by atoms with Crippen molar-refractivity contribution in [3.63, 3.8) is 0 Å². The molecule has 1 aromatic heterocycles. The molecule has 0 aromatic carbocycles. The van der Waals surface area contributed by atoms with Crippen molar-refractivity contribution in [3.8, 4) is 5.75 Å². The first-order chi connectivity index (χ1) is 6.24. The third kappa shape index (κ3) is 3.32. The van der Waals surface area contributed by atoms with Crippen LogP contribution < -0.4 is 4.74 Å². The number of halogens is 1. The fourth-order valence-corrected chi connectivity index (χ4v) is 1.38. The highest BCUT2D eigenvalue weighted by atomic mass is 79.9. The lowest BCUT2D eigenvalue weighted by atomic mass is 10.4. The molecule has 0 aliphatic rings. The fraction of sp³-hybridized carbons (Fsp3) is 0.444. The van der Waals surface area contributed by atoms with E-state index in [0.717, 1.165) is 16.0 Å². The molecule has 4 heteroatoms. The van der Waals surface area contributed by atoms with Crippen LogP contribution in [0.4, 0.5) is 0 Å². The summed E-state index contributed by atoms with van der Waals surface area (Å²) >= 11 is 3.32. The summed E-state index contributed by atoms with van der Waals surface area (Å²) in [5, 5.41) is 0. The van der Waals surface area contributed by atoms with Crippen LogP contribution in [0.3, 0.4) is 0 Å². The van der Waals surface area contributed by atoms with Crippen LogP contribution in [0.15, 0.2) is 16.7 Å². The Labute approximate surface area is 86.2 Å². The number of hydrogen-bond donors (Lipinski definition) is 0. The molecule has 1 rings (SSSR count). The second kappa shape index (κ2) is 5.19. The normalized spacial score (nSPS) is 10.1. The van der Waals surface area contributed by atoms with Gasteiger partial charge in [-0.1, -0.05) is 0 Å². The zero-order valence-electron chi connectivity index (χ0n) is 7.71. The maximum Gasteiger partial charge on any atom is 0.152 e. The molecule has 3 nitrogen and oxygen atoms in total. The first-order valence-corrected chi connectivity index (χ1v) is 4.78. The van der Waals surface area contributed by atoms with E-state index >= 15 is 0 Å². The third-order valence-corrected chi connectivity index (χ3v) is 2.07. The summed E-state index contributed by atoms with van der Waals surface area (Å²) in [4.78, 5) is 4.20. The number of methoxy groups -OCH3 is 1. The Morgan fingerprint density at radius 2 is 2.15 bits per heavy atom. The van der Waals surface area contributed by atoms with Crippen LogP contribution >= 0.6 is 15.9 Å². The van der Waals surface area contributed by atoms with Gasteiger partial charge in [0.2, 0.25) is 0 Å². The molecular formula is C9H12BrNO2. The first-order valence-electron chi connectivity index (χ1n) is 3.99. The van der Waals surface area contributed by atoms with Gasteiger partial charge in [0.25, 0.3) is 0 Å². The molecular weight excluding hydrogens is 234 g/mol. The second-order valence-corrected chi connectivity index (χ2v) is 3.33. The second-order valence-electron chi connectivity index (χ2n) is 2.58. The molecule has 0 saturated carbocycles. The Balaban J connectivity index is 2.56. The smallest absolute Gasteiger partial charge is 0.152 e. The number of nitrogens with zero attached hydrogens (tertiary/aromatic N) is 1. The van der Waals surface area contributed by atoms with Gasteiger partial charge in [0.15, 0.2) is 5.75 Å². The van der Waals surface area contributed by atoms with Crippen LogP contribution in [0.5, 0.6) is 5.75 Å². The van der Waals surface area contributed by atoms with Gasteiger partial charge >= 0.3 is 0 Å². The lowest BCUT2D eigenvalue weighted by molar-refractivity contribution is 0.145. The molecule has 0 amide bonds. The Kier molecular flexibility index (Phi) is 4.18. The molecule has 0 aliphatic carbocycles. The minimum atomic E-state index is 0.542. The van der Waals surface area contributed by atoms with E-state index in [9.17, 15) is 0 Å². The van der Waals surface area contributed by atoms with Crippen LogP contribution in [0.1, 0.15) is 5.69 Å². The van der Waals surface area contributed by atoms with Gasteiger partial charge in [-0.15, -0.1) is 0 Å². The highest BCUT2D eigenvalue weighted by Crippen LogP contribution is 2.22. The van der Waals surface area contributed by atoms with Gasteiger partial charge in [-0.2, -0.15) is 0 Å². The Bertz CT molecular complexity index is 278. The quantitative estimate of drug-likeness (QED) is 0.602. The lowest BCUT2D eigenvalue weighted by Crippen LogP contribution is -2.05. The van der Waals surface area contributed by atoms with E-state index in [1.54, 1.807) is 7.11 Å². The van der Waals surface area contributed by atoms with Gasteiger partial charge < -0.3 is 9.47 Å². The van der Waals surface area contributed by atoms with Gasteiger partial charge in [-0.3, -0.25) is 0 Å². The number of hydrogen-bond acceptors (Lipinski definition) is 3.